The second kappa shape index (κ2) is 2.95. The average Bonchev–Trinajstić information content (AvgIpc) is 2.31. The molecule has 1 N–H and O–H groups in total. The topological polar surface area (TPSA) is 29.5 Å². The Morgan fingerprint density at radius 2 is 2.45 bits per heavy atom. The molecule has 1 aliphatic rings. The Morgan fingerprint density at radius 1 is 1.82 bits per heavy atom. The zero-order valence-electron chi connectivity index (χ0n) is 7.26. The first-order valence-electron chi connectivity index (χ1n) is 3.97. The number of aliphatic hydroxyl groups excluding tert-OH is 1. The zero-order valence-corrected chi connectivity index (χ0v) is 7.26. The van der Waals surface area contributed by atoms with E-state index < -0.39 is 0 Å². The highest BCUT2D eigenvalue weighted by Gasteiger charge is 2.38. The van der Waals surface area contributed by atoms with Crippen molar-refractivity contribution in [3.63, 3.8) is 0 Å². The molecule has 2 heteroatoms. The molecule has 0 aliphatic heterocycles. The normalized spacial score (nSPS) is 38.1. The molecular weight excluding hydrogens is 140 g/mol. The van der Waals surface area contributed by atoms with E-state index in [1.807, 2.05) is 6.92 Å². The summed E-state index contributed by atoms with van der Waals surface area (Å²) in [6, 6.07) is 0. The first-order chi connectivity index (χ1) is 5.14. The molecule has 2 atom stereocenters. The van der Waals surface area contributed by atoms with Gasteiger partial charge in [0.25, 0.3) is 0 Å². The summed E-state index contributed by atoms with van der Waals surface area (Å²) in [6.07, 6.45) is 2.14. The summed E-state index contributed by atoms with van der Waals surface area (Å²) in [5.74, 6) is 0. The smallest absolute Gasteiger partial charge is 0.0785 e. The van der Waals surface area contributed by atoms with Crippen LogP contribution in [0.2, 0.25) is 0 Å². The summed E-state index contributed by atoms with van der Waals surface area (Å²) in [5.41, 5.74) is 0.947. The lowest BCUT2D eigenvalue weighted by Crippen LogP contribution is -2.21. The third-order valence-corrected chi connectivity index (χ3v) is 2.76. The second-order valence-corrected chi connectivity index (χ2v) is 3.51. The Morgan fingerprint density at radius 3 is 2.73 bits per heavy atom. The lowest BCUT2D eigenvalue weighted by molar-refractivity contribution is 0.130. The van der Waals surface area contributed by atoms with Crippen LogP contribution in [0.15, 0.2) is 12.2 Å². The minimum atomic E-state index is -0.0966. The van der Waals surface area contributed by atoms with E-state index in [4.69, 9.17) is 9.84 Å². The maximum absolute atomic E-state index is 9.09. The van der Waals surface area contributed by atoms with Crippen molar-refractivity contribution < 1.29 is 9.84 Å². The van der Waals surface area contributed by atoms with Gasteiger partial charge in [0.1, 0.15) is 0 Å². The molecule has 1 fully saturated rings. The third-order valence-electron chi connectivity index (χ3n) is 2.76. The molecule has 11 heavy (non-hydrogen) atoms. The molecule has 0 aromatic heterocycles. The highest BCUT2D eigenvalue weighted by molar-refractivity contribution is 5.19. The van der Waals surface area contributed by atoms with Crippen LogP contribution in [0.5, 0.6) is 0 Å². The fraction of sp³-hybridized carbons (Fsp3) is 0.778. The summed E-state index contributed by atoms with van der Waals surface area (Å²) in [4.78, 5) is 0. The molecule has 1 saturated carbocycles. The highest BCUT2D eigenvalue weighted by Crippen LogP contribution is 2.42. The number of aliphatic hydroxyl groups is 1. The van der Waals surface area contributed by atoms with Gasteiger partial charge in [-0.1, -0.05) is 13.5 Å². The number of methoxy groups -OCH3 is 1. The Bertz CT molecular complexity index is 165. The van der Waals surface area contributed by atoms with E-state index >= 15 is 0 Å². The predicted molar refractivity (Wildman–Crippen MR) is 44.4 cm³/mol. The average molecular weight is 156 g/mol. The van der Waals surface area contributed by atoms with Crippen LogP contribution < -0.4 is 0 Å². The Balaban J connectivity index is 2.69. The van der Waals surface area contributed by atoms with Crippen LogP contribution in [-0.4, -0.2) is 24.9 Å². The Kier molecular flexibility index (Phi) is 2.35. The van der Waals surface area contributed by atoms with Gasteiger partial charge < -0.3 is 9.84 Å². The van der Waals surface area contributed by atoms with E-state index in [0.29, 0.717) is 0 Å². The monoisotopic (exact) mass is 156 g/mol. The zero-order chi connectivity index (χ0) is 8.48. The van der Waals surface area contributed by atoms with Gasteiger partial charge >= 0.3 is 0 Å². The van der Waals surface area contributed by atoms with Gasteiger partial charge in [-0.05, 0) is 18.4 Å². The largest absolute Gasteiger partial charge is 0.395 e. The number of rotatable bonds is 2. The predicted octanol–water partition coefficient (Wildman–Crippen LogP) is 1.35. The van der Waals surface area contributed by atoms with Crippen LogP contribution in [0.1, 0.15) is 19.8 Å². The van der Waals surface area contributed by atoms with Crippen molar-refractivity contribution in [1.82, 2.24) is 0 Å². The van der Waals surface area contributed by atoms with Crippen molar-refractivity contribution in [1.29, 1.82) is 0 Å². The summed E-state index contributed by atoms with van der Waals surface area (Å²) < 4.78 is 5.21. The summed E-state index contributed by atoms with van der Waals surface area (Å²) in [5, 5.41) is 9.09. The van der Waals surface area contributed by atoms with E-state index in [9.17, 15) is 0 Å². The van der Waals surface area contributed by atoms with Crippen molar-refractivity contribution in [3.05, 3.63) is 12.2 Å². The molecule has 0 spiro atoms. The van der Waals surface area contributed by atoms with Gasteiger partial charge in [-0.3, -0.25) is 0 Å². The molecule has 64 valence electrons. The summed E-state index contributed by atoms with van der Waals surface area (Å²) in [6.45, 7) is 6.17. The maximum atomic E-state index is 9.09. The van der Waals surface area contributed by atoms with Gasteiger partial charge in [0.05, 0.1) is 12.7 Å². The molecule has 0 aromatic carbocycles. The third kappa shape index (κ3) is 1.33. The second-order valence-electron chi connectivity index (χ2n) is 3.51. The first kappa shape index (κ1) is 8.75. The van der Waals surface area contributed by atoms with E-state index in [0.717, 1.165) is 18.4 Å². The molecule has 0 aromatic rings. The number of hydrogen-bond acceptors (Lipinski definition) is 2. The first-order valence-corrected chi connectivity index (χ1v) is 3.97. The van der Waals surface area contributed by atoms with Gasteiger partial charge in [0.15, 0.2) is 0 Å². The summed E-state index contributed by atoms with van der Waals surface area (Å²) in [7, 11) is 1.69. The van der Waals surface area contributed by atoms with Crippen molar-refractivity contribution in [3.8, 4) is 0 Å². The van der Waals surface area contributed by atoms with E-state index in [2.05, 4.69) is 6.58 Å². The fourth-order valence-electron chi connectivity index (χ4n) is 1.61. The molecule has 2 nitrogen and oxygen atoms in total. The van der Waals surface area contributed by atoms with Crippen LogP contribution >= 0.6 is 0 Å². The molecule has 0 bridgehead atoms. The van der Waals surface area contributed by atoms with Crippen molar-refractivity contribution in [2.24, 2.45) is 5.41 Å². The Hall–Kier alpha value is -0.340. The SMILES string of the molecule is C=C1[C@H](OC)CC[C@]1(C)CO. The molecule has 0 amide bonds. The molecule has 0 unspecified atom stereocenters. The number of ether oxygens (including phenoxy) is 1. The molecule has 1 rings (SSSR count). The lowest BCUT2D eigenvalue weighted by atomic mass is 9.86. The van der Waals surface area contributed by atoms with Crippen molar-refractivity contribution in [2.45, 2.75) is 25.9 Å². The van der Waals surface area contributed by atoms with Crippen molar-refractivity contribution in [2.75, 3.05) is 13.7 Å². The van der Waals surface area contributed by atoms with Crippen molar-refractivity contribution >= 4 is 0 Å². The Labute approximate surface area is 67.9 Å². The fourth-order valence-corrected chi connectivity index (χ4v) is 1.61. The molecule has 0 saturated heterocycles. The lowest BCUT2D eigenvalue weighted by Gasteiger charge is -2.23. The highest BCUT2D eigenvalue weighted by atomic mass is 16.5. The van der Waals surface area contributed by atoms with E-state index in [-0.39, 0.29) is 18.1 Å². The summed E-state index contributed by atoms with van der Waals surface area (Å²) >= 11 is 0. The van der Waals surface area contributed by atoms with Gasteiger partial charge in [0, 0.05) is 12.5 Å². The van der Waals surface area contributed by atoms with Crippen LogP contribution in [0.25, 0.3) is 0 Å². The maximum Gasteiger partial charge on any atom is 0.0785 e. The minimum Gasteiger partial charge on any atom is -0.395 e. The van der Waals surface area contributed by atoms with Gasteiger partial charge in [-0.15, -0.1) is 0 Å². The van der Waals surface area contributed by atoms with Crippen LogP contribution in [-0.2, 0) is 4.74 Å². The van der Waals surface area contributed by atoms with Gasteiger partial charge in [-0.25, -0.2) is 0 Å². The minimum absolute atomic E-state index is 0.0966. The van der Waals surface area contributed by atoms with E-state index in [1.54, 1.807) is 7.11 Å². The van der Waals surface area contributed by atoms with Crippen LogP contribution in [0, 0.1) is 5.41 Å². The standard InChI is InChI=1S/C9H16O2/c1-7-8(11-3)4-5-9(7,2)6-10/h8,10H,1,4-6H2,2-3H3/t8-,9-/m1/s1. The molecular formula is C9H16O2. The van der Waals surface area contributed by atoms with Gasteiger partial charge in [-0.2, -0.15) is 0 Å². The van der Waals surface area contributed by atoms with Crippen LogP contribution in [0.3, 0.4) is 0 Å². The van der Waals surface area contributed by atoms with Gasteiger partial charge in [0.2, 0.25) is 0 Å². The quantitative estimate of drug-likeness (QED) is 0.611. The number of hydrogen-bond donors (Lipinski definition) is 1. The molecule has 0 heterocycles. The van der Waals surface area contributed by atoms with E-state index in [1.165, 1.54) is 0 Å². The molecule has 1 aliphatic carbocycles. The van der Waals surface area contributed by atoms with Crippen LogP contribution in [0.4, 0.5) is 0 Å². The molecule has 0 radical (unpaired) electrons.